The Morgan fingerprint density at radius 1 is 1.09 bits per heavy atom. The molecule has 0 saturated carbocycles. The topological polar surface area (TPSA) is 88.6 Å². The van der Waals surface area contributed by atoms with Crippen molar-refractivity contribution < 1.29 is 17.9 Å². The molecule has 35 heavy (non-hydrogen) atoms. The Morgan fingerprint density at radius 2 is 1.91 bits per heavy atom. The minimum absolute atomic E-state index is 0.0848. The Labute approximate surface area is 208 Å². The van der Waals surface area contributed by atoms with E-state index in [1.807, 2.05) is 55.5 Å². The normalized spacial score (nSPS) is 15.2. The fourth-order valence-electron chi connectivity index (χ4n) is 4.07. The molecule has 0 unspecified atom stereocenters. The number of hydrogen-bond acceptors (Lipinski definition) is 5. The van der Waals surface area contributed by atoms with Crippen molar-refractivity contribution in [3.05, 3.63) is 89.1 Å². The molecule has 1 aromatic heterocycles. The average Bonchev–Trinajstić information content (AvgIpc) is 2.84. The summed E-state index contributed by atoms with van der Waals surface area (Å²) in [5.74, 6) is -0.506. The van der Waals surface area contributed by atoms with E-state index in [9.17, 15) is 13.2 Å². The number of nitrogens with one attached hydrogen (secondary N) is 1. The Kier molecular flexibility index (Phi) is 6.19. The van der Waals surface area contributed by atoms with Gasteiger partial charge in [-0.15, -0.1) is 0 Å². The molecule has 0 bridgehead atoms. The van der Waals surface area contributed by atoms with Crippen LogP contribution in [0.15, 0.2) is 72.9 Å². The van der Waals surface area contributed by atoms with Gasteiger partial charge in [-0.1, -0.05) is 41.9 Å². The molecule has 178 valence electrons. The highest BCUT2D eigenvalue weighted by Crippen LogP contribution is 2.32. The van der Waals surface area contributed by atoms with Gasteiger partial charge in [0.1, 0.15) is 6.73 Å². The molecule has 7 nitrogen and oxygen atoms in total. The molecule has 1 aliphatic heterocycles. The molecule has 3 aromatic carbocycles. The van der Waals surface area contributed by atoms with E-state index in [4.69, 9.17) is 16.3 Å². The molecule has 0 spiro atoms. The number of benzene rings is 3. The second kappa shape index (κ2) is 9.30. The lowest BCUT2D eigenvalue weighted by molar-refractivity contribution is 0.102. The van der Waals surface area contributed by atoms with E-state index < -0.39 is 15.9 Å². The van der Waals surface area contributed by atoms with Crippen LogP contribution in [0.2, 0.25) is 5.02 Å². The van der Waals surface area contributed by atoms with Crippen LogP contribution in [0.3, 0.4) is 0 Å². The number of nitrogens with zero attached hydrogens (tertiary/aromatic N) is 2. The quantitative estimate of drug-likeness (QED) is 0.408. The van der Waals surface area contributed by atoms with Crippen LogP contribution < -0.4 is 9.62 Å². The van der Waals surface area contributed by atoms with Crippen molar-refractivity contribution >= 4 is 49.7 Å². The van der Waals surface area contributed by atoms with Gasteiger partial charge < -0.3 is 10.1 Å². The lowest BCUT2D eigenvalue weighted by Crippen LogP contribution is -2.41. The van der Waals surface area contributed by atoms with Gasteiger partial charge in [0.15, 0.2) is 0 Å². The number of anilines is 2. The zero-order chi connectivity index (χ0) is 24.6. The van der Waals surface area contributed by atoms with Gasteiger partial charge >= 0.3 is 0 Å². The van der Waals surface area contributed by atoms with E-state index in [-0.39, 0.29) is 29.7 Å². The standard InChI is InChI=1S/C26H22ClN3O4S/c1-17-6-7-19(14-23(17)25-21-5-3-2-4-18(21)10-11-28-25)29-26(31)22-9-8-20(15-24(22)27)30-16-34-12-13-35(30,32)33/h2-11,14-15H,12-13,16H2,1H3,(H,29,31). The van der Waals surface area contributed by atoms with Gasteiger partial charge in [0.05, 0.1) is 34.3 Å². The third-order valence-corrected chi connectivity index (χ3v) is 7.92. The van der Waals surface area contributed by atoms with Crippen LogP contribution in [0.1, 0.15) is 15.9 Å². The molecule has 0 aliphatic carbocycles. The number of carbonyl (C=O) groups is 1. The van der Waals surface area contributed by atoms with E-state index in [0.29, 0.717) is 11.4 Å². The molecule has 1 fully saturated rings. The summed E-state index contributed by atoms with van der Waals surface area (Å²) in [5.41, 5.74) is 3.96. The summed E-state index contributed by atoms with van der Waals surface area (Å²) in [7, 11) is -3.48. The number of pyridine rings is 1. The third-order valence-electron chi connectivity index (χ3n) is 5.94. The largest absolute Gasteiger partial charge is 0.359 e. The van der Waals surface area contributed by atoms with E-state index >= 15 is 0 Å². The number of ether oxygens (including phenoxy) is 1. The second-order valence-electron chi connectivity index (χ2n) is 8.23. The van der Waals surface area contributed by atoms with Crippen LogP contribution in [-0.4, -0.2) is 38.4 Å². The van der Waals surface area contributed by atoms with Gasteiger partial charge in [0, 0.05) is 22.8 Å². The van der Waals surface area contributed by atoms with Gasteiger partial charge in [-0.2, -0.15) is 0 Å². The number of aryl methyl sites for hydroxylation is 1. The number of aromatic nitrogens is 1. The molecule has 0 atom stereocenters. The SMILES string of the molecule is Cc1ccc(NC(=O)c2ccc(N3COCCS3(=O)=O)cc2Cl)cc1-c1nccc2ccccc12. The Hall–Kier alpha value is -3.46. The predicted molar refractivity (Wildman–Crippen MR) is 138 cm³/mol. The molecule has 1 amide bonds. The second-order valence-corrected chi connectivity index (χ2v) is 10.7. The van der Waals surface area contributed by atoms with E-state index in [0.717, 1.165) is 31.9 Å². The maximum Gasteiger partial charge on any atom is 0.257 e. The van der Waals surface area contributed by atoms with E-state index in [1.54, 1.807) is 12.3 Å². The first-order valence-electron chi connectivity index (χ1n) is 11.0. The lowest BCUT2D eigenvalue weighted by Gasteiger charge is -2.28. The van der Waals surface area contributed by atoms with Crippen LogP contribution >= 0.6 is 11.6 Å². The highest BCUT2D eigenvalue weighted by Gasteiger charge is 2.27. The molecule has 1 N–H and O–H groups in total. The minimum Gasteiger partial charge on any atom is -0.359 e. The highest BCUT2D eigenvalue weighted by atomic mass is 35.5. The number of hydrogen-bond donors (Lipinski definition) is 1. The van der Waals surface area contributed by atoms with Gasteiger partial charge in [0.25, 0.3) is 5.91 Å². The third kappa shape index (κ3) is 4.60. The van der Waals surface area contributed by atoms with Crippen LogP contribution in [0.25, 0.3) is 22.0 Å². The molecule has 1 saturated heterocycles. The maximum atomic E-state index is 13.0. The Bertz CT molecular complexity index is 1550. The van der Waals surface area contributed by atoms with Crippen molar-refractivity contribution in [1.29, 1.82) is 0 Å². The van der Waals surface area contributed by atoms with Crippen molar-refractivity contribution in [2.75, 3.05) is 28.7 Å². The molecular formula is C26H22ClN3O4S. The molecule has 1 aliphatic rings. The molecule has 5 rings (SSSR count). The van der Waals surface area contributed by atoms with Crippen molar-refractivity contribution in [2.45, 2.75) is 6.92 Å². The van der Waals surface area contributed by atoms with Crippen LogP contribution in [0, 0.1) is 6.92 Å². The number of halogens is 1. The summed E-state index contributed by atoms with van der Waals surface area (Å²) in [4.78, 5) is 17.6. The molecule has 4 aromatic rings. The summed E-state index contributed by atoms with van der Waals surface area (Å²) < 4.78 is 31.1. The fourth-order valence-corrected chi connectivity index (χ4v) is 5.55. The molecule has 0 radical (unpaired) electrons. The minimum atomic E-state index is -3.48. The van der Waals surface area contributed by atoms with Gasteiger partial charge in [0.2, 0.25) is 10.0 Å². The number of amides is 1. The first kappa shape index (κ1) is 23.3. The van der Waals surface area contributed by atoms with E-state index in [2.05, 4.69) is 10.3 Å². The zero-order valence-corrected chi connectivity index (χ0v) is 20.4. The first-order valence-corrected chi connectivity index (χ1v) is 13.0. The van der Waals surface area contributed by atoms with Crippen molar-refractivity contribution in [1.82, 2.24) is 4.98 Å². The maximum absolute atomic E-state index is 13.0. The molecule has 2 heterocycles. The summed E-state index contributed by atoms with van der Waals surface area (Å²) in [6, 6.07) is 20.2. The number of fused-ring (bicyclic) bond motifs is 1. The summed E-state index contributed by atoms with van der Waals surface area (Å²) >= 11 is 6.39. The highest BCUT2D eigenvalue weighted by molar-refractivity contribution is 7.92. The van der Waals surface area contributed by atoms with Crippen LogP contribution in [0.4, 0.5) is 11.4 Å². The Morgan fingerprint density at radius 3 is 2.71 bits per heavy atom. The van der Waals surface area contributed by atoms with Gasteiger partial charge in [-0.25, -0.2) is 12.7 Å². The monoisotopic (exact) mass is 507 g/mol. The summed E-state index contributed by atoms with van der Waals surface area (Å²) in [5, 5.41) is 5.14. The smallest absolute Gasteiger partial charge is 0.257 e. The number of rotatable bonds is 4. The average molecular weight is 508 g/mol. The van der Waals surface area contributed by atoms with Gasteiger partial charge in [-0.3, -0.25) is 9.78 Å². The van der Waals surface area contributed by atoms with E-state index in [1.165, 1.54) is 12.1 Å². The van der Waals surface area contributed by atoms with Crippen molar-refractivity contribution in [3.8, 4) is 11.3 Å². The molecule has 9 heteroatoms. The predicted octanol–water partition coefficient (Wildman–Crippen LogP) is 5.24. The fraction of sp³-hybridized carbons (Fsp3) is 0.154. The zero-order valence-electron chi connectivity index (χ0n) is 18.9. The number of carbonyl (C=O) groups excluding carboxylic acids is 1. The van der Waals surface area contributed by atoms with Crippen molar-refractivity contribution in [3.63, 3.8) is 0 Å². The van der Waals surface area contributed by atoms with Crippen molar-refractivity contribution in [2.24, 2.45) is 0 Å². The lowest BCUT2D eigenvalue weighted by atomic mass is 9.99. The number of sulfonamides is 1. The Balaban J connectivity index is 1.43. The first-order chi connectivity index (χ1) is 16.8. The van der Waals surface area contributed by atoms with Crippen LogP contribution in [0.5, 0.6) is 0 Å². The van der Waals surface area contributed by atoms with Crippen LogP contribution in [-0.2, 0) is 14.8 Å². The molecular weight excluding hydrogens is 486 g/mol. The summed E-state index contributed by atoms with van der Waals surface area (Å²) in [6.45, 7) is 2.07. The summed E-state index contributed by atoms with van der Waals surface area (Å²) in [6.07, 6.45) is 1.78. The van der Waals surface area contributed by atoms with Gasteiger partial charge in [-0.05, 0) is 54.3 Å².